The molecule has 3 aromatic rings. The van der Waals surface area contributed by atoms with Gasteiger partial charge in [0.2, 0.25) is 0 Å². The van der Waals surface area contributed by atoms with Crippen molar-refractivity contribution in [2.45, 2.75) is 26.9 Å². The first kappa shape index (κ1) is 24.1. The normalized spacial score (nSPS) is 14.5. The summed E-state index contributed by atoms with van der Waals surface area (Å²) in [5.41, 5.74) is 4.29. The molecule has 4 rings (SSSR count). The molecule has 1 saturated heterocycles. The van der Waals surface area contributed by atoms with Gasteiger partial charge in [-0.25, -0.2) is 4.39 Å². The maximum absolute atomic E-state index is 14.2. The molecule has 9 heteroatoms. The Hall–Kier alpha value is -2.00. The maximum Gasteiger partial charge on any atom is 0.173 e. The van der Waals surface area contributed by atoms with Crippen molar-refractivity contribution in [3.05, 3.63) is 80.3 Å². The van der Waals surface area contributed by atoms with Gasteiger partial charge in [-0.3, -0.25) is 9.58 Å². The molecule has 0 atom stereocenters. The van der Waals surface area contributed by atoms with E-state index in [0.29, 0.717) is 15.7 Å². The van der Waals surface area contributed by atoms with Gasteiger partial charge in [0.15, 0.2) is 5.11 Å². The second kappa shape index (κ2) is 10.5. The lowest BCUT2D eigenvalue weighted by Gasteiger charge is -2.36. The molecule has 1 aliphatic rings. The van der Waals surface area contributed by atoms with E-state index in [1.807, 2.05) is 19.9 Å². The zero-order valence-corrected chi connectivity index (χ0v) is 21.8. The van der Waals surface area contributed by atoms with Gasteiger partial charge in [-0.1, -0.05) is 51.8 Å². The van der Waals surface area contributed by atoms with Crippen LogP contribution in [0.5, 0.6) is 0 Å². The van der Waals surface area contributed by atoms with Crippen LogP contribution in [-0.4, -0.2) is 50.9 Å². The van der Waals surface area contributed by atoms with E-state index in [0.717, 1.165) is 54.3 Å². The van der Waals surface area contributed by atoms with Crippen molar-refractivity contribution < 1.29 is 4.39 Å². The van der Waals surface area contributed by atoms with Gasteiger partial charge in [-0.2, -0.15) is 5.10 Å². The summed E-state index contributed by atoms with van der Waals surface area (Å²) in [6.07, 6.45) is 0. The molecule has 1 aromatic heterocycles. The van der Waals surface area contributed by atoms with Crippen molar-refractivity contribution >= 4 is 50.5 Å². The Bertz CT molecular complexity index is 1140. The van der Waals surface area contributed by atoms with Crippen LogP contribution in [0.1, 0.15) is 22.5 Å². The molecular weight excluding hydrogens is 525 g/mol. The highest BCUT2D eigenvalue weighted by Crippen LogP contribution is 2.25. The Morgan fingerprint density at radius 1 is 1.09 bits per heavy atom. The van der Waals surface area contributed by atoms with Gasteiger partial charge in [0, 0.05) is 47.8 Å². The Kier molecular flexibility index (Phi) is 7.69. The highest BCUT2D eigenvalue weighted by molar-refractivity contribution is 9.10. The van der Waals surface area contributed by atoms with E-state index in [9.17, 15) is 4.39 Å². The Balaban J connectivity index is 1.38. The smallest absolute Gasteiger partial charge is 0.173 e. The molecule has 2 aromatic carbocycles. The van der Waals surface area contributed by atoms with Gasteiger partial charge in [0.25, 0.3) is 0 Å². The number of piperazine rings is 1. The van der Waals surface area contributed by atoms with Gasteiger partial charge in [0.1, 0.15) is 5.82 Å². The molecule has 0 aliphatic carbocycles. The first-order valence-corrected chi connectivity index (χ1v) is 12.4. The second-order valence-corrected chi connectivity index (χ2v) is 9.84. The first-order chi connectivity index (χ1) is 15.8. The third kappa shape index (κ3) is 5.57. The van der Waals surface area contributed by atoms with Crippen molar-refractivity contribution in [2.24, 2.45) is 0 Å². The highest BCUT2D eigenvalue weighted by Gasteiger charge is 2.22. The number of hydrogen-bond acceptors (Lipinski definition) is 3. The molecule has 2 heterocycles. The van der Waals surface area contributed by atoms with E-state index in [2.05, 4.69) is 54.3 Å². The van der Waals surface area contributed by atoms with Crippen molar-refractivity contribution in [3.63, 3.8) is 0 Å². The molecule has 0 saturated carbocycles. The lowest BCUT2D eigenvalue weighted by atomic mass is 10.2. The van der Waals surface area contributed by atoms with Gasteiger partial charge >= 0.3 is 0 Å². The zero-order chi connectivity index (χ0) is 23.5. The van der Waals surface area contributed by atoms with Crippen molar-refractivity contribution in [2.75, 3.05) is 31.5 Å². The molecule has 0 bridgehead atoms. The summed E-state index contributed by atoms with van der Waals surface area (Å²) in [6.45, 7) is 8.64. The number of hydrogen-bond donors (Lipinski definition) is 1. The summed E-state index contributed by atoms with van der Waals surface area (Å²) in [5, 5.41) is 9.05. The number of thiocarbonyl (C=S) groups is 1. The largest absolute Gasteiger partial charge is 0.346 e. The Labute approximate surface area is 212 Å². The van der Waals surface area contributed by atoms with E-state index in [4.69, 9.17) is 23.8 Å². The van der Waals surface area contributed by atoms with Crippen LogP contribution >= 0.6 is 39.7 Å². The van der Waals surface area contributed by atoms with Crippen LogP contribution in [0, 0.1) is 19.7 Å². The number of halogens is 3. The number of nitrogens with one attached hydrogen (secondary N) is 1. The van der Waals surface area contributed by atoms with E-state index >= 15 is 0 Å². The molecule has 1 aliphatic heterocycles. The average molecular weight is 551 g/mol. The fourth-order valence-corrected chi connectivity index (χ4v) is 4.95. The van der Waals surface area contributed by atoms with Crippen molar-refractivity contribution in [3.8, 4) is 0 Å². The number of anilines is 1. The van der Waals surface area contributed by atoms with Gasteiger partial charge in [-0.15, -0.1) is 0 Å². The predicted molar refractivity (Wildman–Crippen MR) is 139 cm³/mol. The molecule has 33 heavy (non-hydrogen) atoms. The third-order valence-corrected chi connectivity index (χ3v) is 7.48. The predicted octanol–water partition coefficient (Wildman–Crippen LogP) is 5.62. The van der Waals surface area contributed by atoms with Crippen LogP contribution < -0.4 is 5.32 Å². The van der Waals surface area contributed by atoms with Crippen molar-refractivity contribution in [1.29, 1.82) is 0 Å². The fraction of sp³-hybridized carbons (Fsp3) is 0.333. The monoisotopic (exact) mass is 549 g/mol. The summed E-state index contributed by atoms with van der Waals surface area (Å²) in [6, 6.07) is 13.0. The van der Waals surface area contributed by atoms with E-state index in [1.165, 1.54) is 11.6 Å². The minimum absolute atomic E-state index is 0.264. The van der Waals surface area contributed by atoms with Crippen LogP contribution in [0.2, 0.25) is 5.02 Å². The number of aromatic nitrogens is 2. The van der Waals surface area contributed by atoms with Gasteiger partial charge < -0.3 is 10.2 Å². The molecule has 0 spiro atoms. The fourth-order valence-electron chi connectivity index (χ4n) is 4.03. The van der Waals surface area contributed by atoms with Crippen molar-refractivity contribution in [1.82, 2.24) is 19.6 Å². The average Bonchev–Trinajstić information content (AvgIpc) is 3.06. The SMILES string of the molecule is Cc1nn(Cc2c(F)cccc2Cl)c(C)c1NC(=S)N1CCN(Cc2ccccc2Br)CC1. The van der Waals surface area contributed by atoms with Crippen LogP contribution in [0.25, 0.3) is 0 Å². The van der Waals surface area contributed by atoms with Crippen LogP contribution in [0.15, 0.2) is 46.9 Å². The molecular formula is C24H26BrClFN5S. The van der Waals surface area contributed by atoms with Gasteiger partial charge in [0.05, 0.1) is 23.6 Å². The lowest BCUT2D eigenvalue weighted by molar-refractivity contribution is 0.176. The Morgan fingerprint density at radius 2 is 1.82 bits per heavy atom. The highest BCUT2D eigenvalue weighted by atomic mass is 79.9. The summed E-state index contributed by atoms with van der Waals surface area (Å²) >= 11 is 15.6. The van der Waals surface area contributed by atoms with E-state index < -0.39 is 0 Å². The molecule has 174 valence electrons. The maximum atomic E-state index is 14.2. The molecule has 1 N–H and O–H groups in total. The van der Waals surface area contributed by atoms with Crippen LogP contribution in [0.3, 0.4) is 0 Å². The number of nitrogens with zero attached hydrogens (tertiary/aromatic N) is 4. The Morgan fingerprint density at radius 3 is 2.52 bits per heavy atom. The lowest BCUT2D eigenvalue weighted by Crippen LogP contribution is -2.49. The molecule has 0 radical (unpaired) electrons. The molecule has 0 unspecified atom stereocenters. The van der Waals surface area contributed by atoms with Gasteiger partial charge in [-0.05, 0) is 49.8 Å². The third-order valence-electron chi connectivity index (χ3n) is 5.99. The number of benzene rings is 2. The summed E-state index contributed by atoms with van der Waals surface area (Å²) in [7, 11) is 0. The standard InChI is InChI=1S/C24H26BrClFN5S/c1-16-23(17(2)32(29-16)15-19-21(26)8-5-9-22(19)27)28-24(33)31-12-10-30(11-13-31)14-18-6-3-4-7-20(18)25/h3-9H,10-15H2,1-2H3,(H,28,33). The van der Waals surface area contributed by atoms with E-state index in [1.54, 1.807) is 16.8 Å². The zero-order valence-electron chi connectivity index (χ0n) is 18.6. The quantitative estimate of drug-likeness (QED) is 0.418. The molecule has 5 nitrogen and oxygen atoms in total. The molecule has 1 fully saturated rings. The van der Waals surface area contributed by atoms with Crippen LogP contribution in [0.4, 0.5) is 10.1 Å². The minimum atomic E-state index is -0.333. The summed E-state index contributed by atoms with van der Waals surface area (Å²) < 4.78 is 17.2. The summed E-state index contributed by atoms with van der Waals surface area (Å²) in [4.78, 5) is 4.63. The first-order valence-electron chi connectivity index (χ1n) is 10.8. The molecule has 0 amide bonds. The topological polar surface area (TPSA) is 36.3 Å². The van der Waals surface area contributed by atoms with Crippen LogP contribution in [-0.2, 0) is 13.1 Å². The number of rotatable bonds is 5. The van der Waals surface area contributed by atoms with E-state index in [-0.39, 0.29) is 12.4 Å². The number of aryl methyl sites for hydroxylation is 1. The second-order valence-electron chi connectivity index (χ2n) is 8.19. The minimum Gasteiger partial charge on any atom is -0.346 e. The summed E-state index contributed by atoms with van der Waals surface area (Å²) in [5.74, 6) is -0.333.